The molecule has 1 atom stereocenters. The number of carbonyl (C=O) groups excluding carboxylic acids is 2. The smallest absolute Gasteiger partial charge is 0.249 e. The number of para-hydroxylation sites is 2. The van der Waals surface area contributed by atoms with E-state index in [1.54, 1.807) is 30.0 Å². The summed E-state index contributed by atoms with van der Waals surface area (Å²) in [4.78, 5) is 29.4. The summed E-state index contributed by atoms with van der Waals surface area (Å²) in [5.41, 5.74) is 2.60. The molecule has 0 unspecified atom stereocenters. The number of carbonyl (C=O) groups is 2. The second kappa shape index (κ2) is 12.2. The maximum atomic E-state index is 14.0. The third-order valence-corrected chi connectivity index (χ3v) is 6.26. The molecule has 1 heterocycles. The van der Waals surface area contributed by atoms with E-state index in [1.807, 2.05) is 54.6 Å². The highest BCUT2D eigenvalue weighted by atomic mass is 16.5. The molecular formula is C29H33N5O4. The number of amides is 2. The summed E-state index contributed by atoms with van der Waals surface area (Å²) in [7, 11) is 3.09. The van der Waals surface area contributed by atoms with E-state index in [2.05, 4.69) is 29.5 Å². The Bertz CT molecular complexity index is 1390. The van der Waals surface area contributed by atoms with Crippen molar-refractivity contribution in [2.45, 2.75) is 32.9 Å². The van der Waals surface area contributed by atoms with Crippen LogP contribution in [0.4, 0.5) is 5.69 Å². The van der Waals surface area contributed by atoms with Gasteiger partial charge in [0.25, 0.3) is 0 Å². The van der Waals surface area contributed by atoms with Gasteiger partial charge in [0.15, 0.2) is 11.5 Å². The number of nitrogens with zero attached hydrogens (tertiary/aromatic N) is 4. The number of rotatable bonds is 11. The van der Waals surface area contributed by atoms with Crippen molar-refractivity contribution in [3.05, 3.63) is 78.4 Å². The molecule has 0 aliphatic heterocycles. The van der Waals surface area contributed by atoms with Crippen molar-refractivity contribution in [1.29, 1.82) is 0 Å². The number of aromatic nitrogens is 3. The molecule has 2 amide bonds. The maximum absolute atomic E-state index is 14.0. The highest BCUT2D eigenvalue weighted by Crippen LogP contribution is 2.34. The first-order valence-corrected chi connectivity index (χ1v) is 12.6. The highest BCUT2D eigenvalue weighted by Gasteiger charge is 2.34. The van der Waals surface area contributed by atoms with Crippen LogP contribution in [0.5, 0.6) is 11.5 Å². The molecule has 38 heavy (non-hydrogen) atoms. The minimum atomic E-state index is -0.966. The molecule has 0 radical (unpaired) electrons. The van der Waals surface area contributed by atoms with Crippen molar-refractivity contribution < 1.29 is 19.1 Å². The Morgan fingerprint density at radius 2 is 1.66 bits per heavy atom. The normalized spacial score (nSPS) is 11.8. The second-order valence-electron chi connectivity index (χ2n) is 9.33. The molecule has 0 spiro atoms. The van der Waals surface area contributed by atoms with E-state index < -0.39 is 6.04 Å². The van der Waals surface area contributed by atoms with Crippen molar-refractivity contribution >= 4 is 28.5 Å². The fraction of sp³-hybridized carbons (Fsp3) is 0.310. The van der Waals surface area contributed by atoms with Gasteiger partial charge in [-0.15, -0.1) is 5.10 Å². The molecular weight excluding hydrogens is 482 g/mol. The van der Waals surface area contributed by atoms with Crippen molar-refractivity contribution in [1.82, 2.24) is 20.3 Å². The van der Waals surface area contributed by atoms with Gasteiger partial charge in [-0.1, -0.05) is 55.5 Å². The minimum absolute atomic E-state index is 0.0987. The first-order valence-electron chi connectivity index (χ1n) is 12.6. The monoisotopic (exact) mass is 515 g/mol. The van der Waals surface area contributed by atoms with Gasteiger partial charge in [0.05, 0.1) is 19.7 Å². The average Bonchev–Trinajstić information content (AvgIpc) is 3.34. The molecule has 0 saturated carbocycles. The molecule has 9 nitrogen and oxygen atoms in total. The molecule has 1 N–H and O–H groups in total. The predicted octanol–water partition coefficient (Wildman–Crippen LogP) is 4.39. The number of hydrogen-bond donors (Lipinski definition) is 1. The Kier molecular flexibility index (Phi) is 8.58. The van der Waals surface area contributed by atoms with Crippen LogP contribution < -0.4 is 19.7 Å². The number of ether oxygens (including phenoxy) is 2. The lowest BCUT2D eigenvalue weighted by Gasteiger charge is -2.32. The number of fused-ring (bicyclic) bond motifs is 1. The van der Waals surface area contributed by atoms with E-state index in [0.717, 1.165) is 11.9 Å². The van der Waals surface area contributed by atoms with Gasteiger partial charge in [0, 0.05) is 12.2 Å². The zero-order valence-electron chi connectivity index (χ0n) is 22.1. The average molecular weight is 516 g/mol. The van der Waals surface area contributed by atoms with E-state index in [-0.39, 0.29) is 18.4 Å². The molecule has 4 rings (SSSR count). The molecule has 4 aromatic rings. The van der Waals surface area contributed by atoms with Gasteiger partial charge >= 0.3 is 0 Å². The topological polar surface area (TPSA) is 98.6 Å². The van der Waals surface area contributed by atoms with Crippen LogP contribution in [0.25, 0.3) is 11.0 Å². The fourth-order valence-corrected chi connectivity index (χ4v) is 4.29. The van der Waals surface area contributed by atoms with Gasteiger partial charge < -0.3 is 14.8 Å². The van der Waals surface area contributed by atoms with Crippen molar-refractivity contribution in [3.8, 4) is 11.5 Å². The number of methoxy groups -OCH3 is 2. The van der Waals surface area contributed by atoms with Gasteiger partial charge in [0.2, 0.25) is 11.8 Å². The molecule has 0 saturated heterocycles. The third kappa shape index (κ3) is 5.94. The van der Waals surface area contributed by atoms with Crippen LogP contribution in [-0.4, -0.2) is 47.6 Å². The molecule has 0 bridgehead atoms. The van der Waals surface area contributed by atoms with E-state index in [4.69, 9.17) is 9.47 Å². The molecule has 3 aromatic carbocycles. The molecule has 9 heteroatoms. The summed E-state index contributed by atoms with van der Waals surface area (Å²) >= 11 is 0. The largest absolute Gasteiger partial charge is 0.493 e. The molecule has 198 valence electrons. The highest BCUT2D eigenvalue weighted by molar-refractivity contribution is 6.01. The summed E-state index contributed by atoms with van der Waals surface area (Å²) < 4.78 is 12.5. The standard InChI is InChI=1S/C29H33N5O4/c1-20(2)16-17-30-29(36)28(21-14-15-25(37-3)26(18-21)38-4)34(22-10-6-5-7-11-22)27(35)19-33-24-13-9-8-12-23(24)31-32-33/h5-15,18,20,28H,16-17,19H2,1-4H3,(H,30,36)/t28-/m1/s1. The zero-order valence-corrected chi connectivity index (χ0v) is 22.1. The third-order valence-electron chi connectivity index (χ3n) is 6.26. The Morgan fingerprint density at radius 1 is 0.947 bits per heavy atom. The van der Waals surface area contributed by atoms with Gasteiger partial charge in [0.1, 0.15) is 18.1 Å². The lowest BCUT2D eigenvalue weighted by atomic mass is 10.0. The maximum Gasteiger partial charge on any atom is 0.249 e. The summed E-state index contributed by atoms with van der Waals surface area (Å²) in [6.07, 6.45) is 0.814. The van der Waals surface area contributed by atoms with Crippen molar-refractivity contribution in [3.63, 3.8) is 0 Å². The molecule has 1 aromatic heterocycles. The number of benzene rings is 3. The Morgan fingerprint density at radius 3 is 2.37 bits per heavy atom. The van der Waals surface area contributed by atoms with E-state index >= 15 is 0 Å². The van der Waals surface area contributed by atoms with Gasteiger partial charge in [-0.2, -0.15) is 0 Å². The molecule has 0 fully saturated rings. The lowest BCUT2D eigenvalue weighted by molar-refractivity contribution is -0.127. The van der Waals surface area contributed by atoms with Crippen LogP contribution in [0.2, 0.25) is 0 Å². The fourth-order valence-electron chi connectivity index (χ4n) is 4.29. The Hall–Kier alpha value is -4.40. The first kappa shape index (κ1) is 26.7. The Labute approximate surface area is 222 Å². The Balaban J connectivity index is 1.78. The summed E-state index contributed by atoms with van der Waals surface area (Å²) in [6, 6.07) is 20.9. The molecule has 0 aliphatic rings. The van der Waals surface area contributed by atoms with Gasteiger partial charge in [-0.3, -0.25) is 14.5 Å². The number of nitrogens with one attached hydrogen (secondary N) is 1. The van der Waals surface area contributed by atoms with Crippen molar-refractivity contribution in [2.24, 2.45) is 5.92 Å². The SMILES string of the molecule is COc1ccc([C@H](C(=O)NCCC(C)C)N(C(=O)Cn2nnc3ccccc32)c2ccccc2)cc1OC. The number of anilines is 1. The minimum Gasteiger partial charge on any atom is -0.493 e. The zero-order chi connectivity index (χ0) is 27.1. The van der Waals surface area contributed by atoms with Gasteiger partial charge in [-0.25, -0.2) is 4.68 Å². The van der Waals surface area contributed by atoms with Crippen molar-refractivity contribution in [2.75, 3.05) is 25.7 Å². The van der Waals surface area contributed by atoms with E-state index in [9.17, 15) is 9.59 Å². The summed E-state index contributed by atoms with van der Waals surface area (Å²) in [5.74, 6) is 0.807. The quantitative estimate of drug-likeness (QED) is 0.318. The first-order chi connectivity index (χ1) is 18.4. The lowest BCUT2D eigenvalue weighted by Crippen LogP contribution is -2.45. The summed E-state index contributed by atoms with van der Waals surface area (Å²) in [6.45, 7) is 4.59. The van der Waals surface area contributed by atoms with Crippen LogP contribution in [0.1, 0.15) is 31.9 Å². The van der Waals surface area contributed by atoms with Crippen LogP contribution in [0.3, 0.4) is 0 Å². The predicted molar refractivity (Wildman–Crippen MR) is 146 cm³/mol. The van der Waals surface area contributed by atoms with Crippen LogP contribution >= 0.6 is 0 Å². The van der Waals surface area contributed by atoms with Crippen LogP contribution in [-0.2, 0) is 16.1 Å². The van der Waals surface area contributed by atoms with Crippen LogP contribution in [0.15, 0.2) is 72.8 Å². The van der Waals surface area contributed by atoms with E-state index in [0.29, 0.717) is 40.7 Å². The molecule has 0 aliphatic carbocycles. The van der Waals surface area contributed by atoms with E-state index in [1.165, 1.54) is 12.0 Å². The summed E-state index contributed by atoms with van der Waals surface area (Å²) in [5, 5.41) is 11.4. The number of hydrogen-bond acceptors (Lipinski definition) is 6. The van der Waals surface area contributed by atoms with Crippen LogP contribution in [0, 0.1) is 5.92 Å². The van der Waals surface area contributed by atoms with Gasteiger partial charge in [-0.05, 0) is 54.3 Å². The second-order valence-corrected chi connectivity index (χ2v) is 9.33.